The Kier molecular flexibility index (Phi) is 6.10. The topological polar surface area (TPSA) is 35.6 Å². The number of halogens is 5. The van der Waals surface area contributed by atoms with Gasteiger partial charge in [-0.2, -0.15) is 13.2 Å². The van der Waals surface area contributed by atoms with E-state index in [1.54, 1.807) is 18.2 Å². The number of hydrogen-bond donors (Lipinski definition) is 1. The lowest BCUT2D eigenvalue weighted by Gasteiger charge is -2.35. The van der Waals surface area contributed by atoms with Crippen molar-refractivity contribution in [1.29, 1.82) is 0 Å². The predicted molar refractivity (Wildman–Crippen MR) is 100 cm³/mol. The molecule has 1 amide bonds. The number of carbonyl (C=O) groups excluding carboxylic acids is 1. The summed E-state index contributed by atoms with van der Waals surface area (Å²) >= 11 is 5.64. The van der Waals surface area contributed by atoms with E-state index in [9.17, 15) is 22.4 Å². The molecule has 0 radical (unpaired) electrons. The zero-order chi connectivity index (χ0) is 20.3. The van der Waals surface area contributed by atoms with Crippen molar-refractivity contribution >= 4 is 28.9 Å². The van der Waals surface area contributed by atoms with E-state index in [4.69, 9.17) is 11.6 Å². The van der Waals surface area contributed by atoms with Crippen LogP contribution in [0.1, 0.15) is 5.56 Å². The number of nitrogens with zero attached hydrogens (tertiary/aromatic N) is 2. The molecule has 150 valence electrons. The van der Waals surface area contributed by atoms with Crippen LogP contribution in [0.25, 0.3) is 0 Å². The third kappa shape index (κ3) is 4.94. The maximum absolute atomic E-state index is 13.9. The fourth-order valence-corrected chi connectivity index (χ4v) is 3.28. The van der Waals surface area contributed by atoms with Crippen molar-refractivity contribution in [1.82, 2.24) is 4.90 Å². The summed E-state index contributed by atoms with van der Waals surface area (Å²) < 4.78 is 53.2. The Balaban J connectivity index is 1.58. The molecule has 3 rings (SSSR count). The number of amides is 1. The van der Waals surface area contributed by atoms with Gasteiger partial charge in [0.1, 0.15) is 5.82 Å². The summed E-state index contributed by atoms with van der Waals surface area (Å²) in [4.78, 5) is 15.9. The van der Waals surface area contributed by atoms with Crippen molar-refractivity contribution in [3.8, 4) is 0 Å². The van der Waals surface area contributed by atoms with E-state index < -0.39 is 17.6 Å². The van der Waals surface area contributed by atoms with Gasteiger partial charge in [-0.25, -0.2) is 4.39 Å². The largest absolute Gasteiger partial charge is 0.418 e. The van der Waals surface area contributed by atoms with Crippen molar-refractivity contribution in [3.63, 3.8) is 0 Å². The molecule has 2 aromatic carbocycles. The molecule has 1 fully saturated rings. The van der Waals surface area contributed by atoms with Crippen molar-refractivity contribution < 1.29 is 22.4 Å². The second kappa shape index (κ2) is 8.36. The minimum atomic E-state index is -4.63. The van der Waals surface area contributed by atoms with Crippen LogP contribution >= 0.6 is 11.6 Å². The highest BCUT2D eigenvalue weighted by Gasteiger charge is 2.34. The van der Waals surface area contributed by atoms with Crippen LogP contribution in [-0.2, 0) is 11.0 Å². The van der Waals surface area contributed by atoms with E-state index >= 15 is 0 Å². The van der Waals surface area contributed by atoms with Crippen LogP contribution in [0.4, 0.5) is 28.9 Å². The Labute approximate surface area is 164 Å². The first-order valence-corrected chi connectivity index (χ1v) is 9.00. The van der Waals surface area contributed by atoms with Gasteiger partial charge in [0, 0.05) is 31.2 Å². The molecule has 0 saturated carbocycles. The summed E-state index contributed by atoms with van der Waals surface area (Å²) in [6.45, 7) is 1.97. The highest BCUT2D eigenvalue weighted by atomic mass is 35.5. The number of hydrogen-bond acceptors (Lipinski definition) is 3. The number of para-hydroxylation sites is 1. The van der Waals surface area contributed by atoms with Gasteiger partial charge >= 0.3 is 6.18 Å². The number of anilines is 2. The highest BCUT2D eigenvalue weighted by molar-refractivity contribution is 6.30. The molecule has 4 nitrogen and oxygen atoms in total. The summed E-state index contributed by atoms with van der Waals surface area (Å²) in [5.74, 6) is -0.858. The van der Waals surface area contributed by atoms with Gasteiger partial charge in [-0.3, -0.25) is 9.69 Å². The molecule has 2 aromatic rings. The molecule has 0 unspecified atom stereocenters. The molecule has 1 N–H and O–H groups in total. The smallest absolute Gasteiger partial charge is 0.367 e. The van der Waals surface area contributed by atoms with Crippen LogP contribution in [-0.4, -0.2) is 43.5 Å². The van der Waals surface area contributed by atoms with Crippen LogP contribution in [0.3, 0.4) is 0 Å². The van der Waals surface area contributed by atoms with Crippen LogP contribution in [0.15, 0.2) is 42.5 Å². The summed E-state index contributed by atoms with van der Waals surface area (Å²) in [6, 6.07) is 9.66. The zero-order valence-electron chi connectivity index (χ0n) is 14.8. The van der Waals surface area contributed by atoms with Crippen molar-refractivity contribution in [2.45, 2.75) is 6.18 Å². The van der Waals surface area contributed by atoms with Gasteiger partial charge in [0.05, 0.1) is 23.5 Å². The number of nitrogens with one attached hydrogen (secondary N) is 1. The first kappa shape index (κ1) is 20.4. The van der Waals surface area contributed by atoms with Crippen LogP contribution in [0.2, 0.25) is 5.02 Å². The Bertz CT molecular complexity index is 851. The average Bonchev–Trinajstić information content (AvgIpc) is 2.63. The van der Waals surface area contributed by atoms with E-state index in [0.29, 0.717) is 31.9 Å². The molecule has 0 spiro atoms. The minimum Gasteiger partial charge on any atom is -0.367 e. The second-order valence-corrected chi connectivity index (χ2v) is 6.89. The Morgan fingerprint density at radius 1 is 1.07 bits per heavy atom. The zero-order valence-corrected chi connectivity index (χ0v) is 15.5. The maximum atomic E-state index is 13.9. The van der Waals surface area contributed by atoms with Crippen LogP contribution < -0.4 is 10.2 Å². The number of alkyl halides is 3. The first-order chi connectivity index (χ1) is 13.2. The Hall–Kier alpha value is -2.32. The van der Waals surface area contributed by atoms with Crippen LogP contribution in [0.5, 0.6) is 0 Å². The third-order valence-electron chi connectivity index (χ3n) is 4.49. The molecule has 1 aliphatic rings. The standard InChI is InChI=1S/C19H18ClF4N3O/c20-13-5-6-16(14(11-13)19(22,23)24)25-18(28)12-26-7-9-27(10-8-26)17-4-2-1-3-15(17)21/h1-6,11H,7-10,12H2,(H,25,28). The van der Waals surface area contributed by atoms with E-state index in [1.165, 1.54) is 12.1 Å². The van der Waals surface area contributed by atoms with E-state index in [-0.39, 0.29) is 23.1 Å². The lowest BCUT2D eigenvalue weighted by Crippen LogP contribution is -2.49. The van der Waals surface area contributed by atoms with Crippen molar-refractivity contribution in [2.75, 3.05) is 42.9 Å². The van der Waals surface area contributed by atoms with Crippen LogP contribution in [0, 0.1) is 5.82 Å². The molecular formula is C19H18ClF4N3O. The van der Waals surface area contributed by atoms with Gasteiger partial charge in [0.25, 0.3) is 0 Å². The molecule has 1 aliphatic heterocycles. The predicted octanol–water partition coefficient (Wildman–Crippen LogP) is 4.26. The molecule has 0 aromatic heterocycles. The van der Waals surface area contributed by atoms with E-state index in [0.717, 1.165) is 12.1 Å². The molecule has 0 atom stereocenters. The number of benzene rings is 2. The SMILES string of the molecule is O=C(CN1CCN(c2ccccc2F)CC1)Nc1ccc(Cl)cc1C(F)(F)F. The fraction of sp³-hybridized carbons (Fsp3) is 0.316. The second-order valence-electron chi connectivity index (χ2n) is 6.45. The van der Waals surface area contributed by atoms with Gasteiger partial charge in [-0.1, -0.05) is 23.7 Å². The fourth-order valence-electron chi connectivity index (χ4n) is 3.11. The molecule has 0 aliphatic carbocycles. The molecular weight excluding hydrogens is 398 g/mol. The molecule has 1 saturated heterocycles. The summed E-state index contributed by atoms with van der Waals surface area (Å²) in [6.07, 6.45) is -4.63. The van der Waals surface area contributed by atoms with Gasteiger partial charge in [-0.15, -0.1) is 0 Å². The maximum Gasteiger partial charge on any atom is 0.418 e. The lowest BCUT2D eigenvalue weighted by atomic mass is 10.1. The number of piperazine rings is 1. The number of carbonyl (C=O) groups is 1. The Morgan fingerprint density at radius 2 is 1.75 bits per heavy atom. The summed E-state index contributed by atoms with van der Waals surface area (Å²) in [5, 5.41) is 2.25. The van der Waals surface area contributed by atoms with E-state index in [1.807, 2.05) is 9.80 Å². The summed E-state index contributed by atoms with van der Waals surface area (Å²) in [5.41, 5.74) is -0.813. The van der Waals surface area contributed by atoms with Crippen molar-refractivity contribution in [3.05, 3.63) is 58.9 Å². The van der Waals surface area contributed by atoms with Gasteiger partial charge in [0.2, 0.25) is 5.91 Å². The van der Waals surface area contributed by atoms with Gasteiger partial charge < -0.3 is 10.2 Å². The minimum absolute atomic E-state index is 0.0506. The molecule has 28 heavy (non-hydrogen) atoms. The highest BCUT2D eigenvalue weighted by Crippen LogP contribution is 2.36. The quantitative estimate of drug-likeness (QED) is 0.758. The first-order valence-electron chi connectivity index (χ1n) is 8.62. The normalized spacial score (nSPS) is 15.5. The number of rotatable bonds is 4. The molecule has 1 heterocycles. The Morgan fingerprint density at radius 3 is 2.39 bits per heavy atom. The molecule has 9 heteroatoms. The lowest BCUT2D eigenvalue weighted by molar-refractivity contribution is -0.137. The molecule has 0 bridgehead atoms. The van der Waals surface area contributed by atoms with E-state index in [2.05, 4.69) is 5.32 Å². The summed E-state index contributed by atoms with van der Waals surface area (Å²) in [7, 11) is 0. The van der Waals surface area contributed by atoms with Crippen molar-refractivity contribution in [2.24, 2.45) is 0 Å². The average molecular weight is 416 g/mol. The van der Waals surface area contributed by atoms with Gasteiger partial charge in [-0.05, 0) is 30.3 Å². The third-order valence-corrected chi connectivity index (χ3v) is 4.73. The van der Waals surface area contributed by atoms with Gasteiger partial charge in [0.15, 0.2) is 0 Å². The monoisotopic (exact) mass is 415 g/mol.